The molecule has 0 aliphatic heterocycles. The highest BCUT2D eigenvalue weighted by molar-refractivity contribution is 7.92. The second kappa shape index (κ2) is 10.4. The molecular weight excluding hydrogens is 384 g/mol. The summed E-state index contributed by atoms with van der Waals surface area (Å²) in [6.45, 7) is 8.65. The molecule has 29 heavy (non-hydrogen) atoms. The number of unbranched alkanes of at least 4 members (excludes halogenated alkanes) is 1. The Morgan fingerprint density at radius 1 is 1.03 bits per heavy atom. The Bertz CT molecular complexity index is 922. The molecule has 158 valence electrons. The minimum Gasteiger partial charge on any atom is -0.352 e. The molecule has 0 aromatic heterocycles. The van der Waals surface area contributed by atoms with E-state index in [-0.39, 0.29) is 10.8 Å². The SMILES string of the molecule is CCCCC(CC)CNC(=O)c1ccc(C)c(NS(=O)(=O)c2ccc(C)cc2)c1. The number of carbonyl (C=O) groups excluding carboxylic acids is 1. The molecule has 0 fully saturated rings. The number of hydrogen-bond donors (Lipinski definition) is 2. The summed E-state index contributed by atoms with van der Waals surface area (Å²) in [5, 5.41) is 2.99. The van der Waals surface area contributed by atoms with Crippen molar-refractivity contribution in [2.45, 2.75) is 58.3 Å². The Labute approximate surface area is 175 Å². The molecule has 0 heterocycles. The van der Waals surface area contributed by atoms with E-state index in [1.807, 2.05) is 13.8 Å². The molecule has 0 radical (unpaired) electrons. The summed E-state index contributed by atoms with van der Waals surface area (Å²) >= 11 is 0. The van der Waals surface area contributed by atoms with Crippen LogP contribution in [0.4, 0.5) is 5.69 Å². The minimum atomic E-state index is -3.72. The van der Waals surface area contributed by atoms with E-state index in [0.717, 1.165) is 36.8 Å². The van der Waals surface area contributed by atoms with Crippen molar-refractivity contribution in [2.75, 3.05) is 11.3 Å². The fourth-order valence-electron chi connectivity index (χ4n) is 3.08. The van der Waals surface area contributed by atoms with E-state index in [4.69, 9.17) is 0 Å². The van der Waals surface area contributed by atoms with Gasteiger partial charge in [0.05, 0.1) is 10.6 Å². The predicted octanol–water partition coefficient (Wildman–Crippen LogP) is 5.05. The van der Waals surface area contributed by atoms with Gasteiger partial charge < -0.3 is 5.32 Å². The number of nitrogens with one attached hydrogen (secondary N) is 2. The fourth-order valence-corrected chi connectivity index (χ4v) is 4.20. The van der Waals surface area contributed by atoms with E-state index in [1.165, 1.54) is 0 Å². The van der Waals surface area contributed by atoms with E-state index >= 15 is 0 Å². The van der Waals surface area contributed by atoms with Crippen LogP contribution in [0.3, 0.4) is 0 Å². The van der Waals surface area contributed by atoms with Crippen LogP contribution in [0.1, 0.15) is 61.0 Å². The topological polar surface area (TPSA) is 75.3 Å². The summed E-state index contributed by atoms with van der Waals surface area (Å²) in [7, 11) is -3.72. The van der Waals surface area contributed by atoms with Gasteiger partial charge in [-0.1, -0.05) is 56.9 Å². The summed E-state index contributed by atoms with van der Waals surface area (Å²) in [6.07, 6.45) is 4.43. The highest BCUT2D eigenvalue weighted by Gasteiger charge is 2.17. The molecule has 2 aromatic rings. The smallest absolute Gasteiger partial charge is 0.261 e. The highest BCUT2D eigenvalue weighted by atomic mass is 32.2. The van der Waals surface area contributed by atoms with Gasteiger partial charge >= 0.3 is 0 Å². The standard InChI is InChI=1S/C23H32N2O3S/c1-5-7-8-19(6-2)16-24-23(26)20-12-11-18(4)22(15-20)25-29(27,28)21-13-9-17(3)10-14-21/h9-15,19,25H,5-8,16H2,1-4H3,(H,24,26). The zero-order valence-corrected chi connectivity index (χ0v) is 18.6. The molecule has 1 unspecified atom stereocenters. The largest absolute Gasteiger partial charge is 0.352 e. The van der Waals surface area contributed by atoms with Gasteiger partial charge in [-0.05, 0) is 56.0 Å². The van der Waals surface area contributed by atoms with E-state index < -0.39 is 10.0 Å². The van der Waals surface area contributed by atoms with Crippen LogP contribution in [-0.2, 0) is 10.0 Å². The zero-order valence-electron chi connectivity index (χ0n) is 17.8. The van der Waals surface area contributed by atoms with Crippen molar-refractivity contribution >= 4 is 21.6 Å². The molecule has 2 aromatic carbocycles. The first-order valence-corrected chi connectivity index (χ1v) is 11.7. The molecule has 1 atom stereocenters. The molecule has 0 saturated heterocycles. The maximum Gasteiger partial charge on any atom is 0.261 e. The molecule has 2 N–H and O–H groups in total. The molecule has 6 heteroatoms. The van der Waals surface area contributed by atoms with Gasteiger partial charge in [-0.3, -0.25) is 9.52 Å². The van der Waals surface area contributed by atoms with Crippen LogP contribution in [0, 0.1) is 19.8 Å². The third kappa shape index (κ3) is 6.60. The number of amides is 1. The number of aryl methyl sites for hydroxylation is 2. The van der Waals surface area contributed by atoms with Gasteiger partial charge in [-0.2, -0.15) is 0 Å². The average Bonchev–Trinajstić information content (AvgIpc) is 2.69. The van der Waals surface area contributed by atoms with Gasteiger partial charge in [0.1, 0.15) is 0 Å². The lowest BCUT2D eigenvalue weighted by molar-refractivity contribution is 0.0946. The Morgan fingerprint density at radius 2 is 1.72 bits per heavy atom. The Hall–Kier alpha value is -2.34. The van der Waals surface area contributed by atoms with E-state index in [0.29, 0.717) is 23.7 Å². The Morgan fingerprint density at radius 3 is 2.34 bits per heavy atom. The summed E-state index contributed by atoms with van der Waals surface area (Å²) in [4.78, 5) is 12.8. The minimum absolute atomic E-state index is 0.185. The van der Waals surface area contributed by atoms with Gasteiger partial charge in [-0.15, -0.1) is 0 Å². The van der Waals surface area contributed by atoms with Crippen LogP contribution in [0.5, 0.6) is 0 Å². The van der Waals surface area contributed by atoms with Crippen molar-refractivity contribution in [1.82, 2.24) is 5.32 Å². The summed E-state index contributed by atoms with van der Waals surface area (Å²) in [6, 6.07) is 11.7. The van der Waals surface area contributed by atoms with Crippen LogP contribution in [0.15, 0.2) is 47.4 Å². The van der Waals surface area contributed by atoms with Crippen molar-refractivity contribution in [3.05, 3.63) is 59.2 Å². The lowest BCUT2D eigenvalue weighted by Gasteiger charge is -2.16. The molecular formula is C23H32N2O3S. The number of hydrogen-bond acceptors (Lipinski definition) is 3. The van der Waals surface area contributed by atoms with Gasteiger partial charge in [0.25, 0.3) is 15.9 Å². The van der Waals surface area contributed by atoms with Crippen LogP contribution in [0.25, 0.3) is 0 Å². The molecule has 2 rings (SSSR count). The second-order valence-corrected chi connectivity index (χ2v) is 9.26. The first-order chi connectivity index (χ1) is 13.8. The van der Waals surface area contributed by atoms with E-state index in [9.17, 15) is 13.2 Å². The van der Waals surface area contributed by atoms with Crippen molar-refractivity contribution in [2.24, 2.45) is 5.92 Å². The molecule has 0 aliphatic rings. The summed E-state index contributed by atoms with van der Waals surface area (Å²) in [5.41, 5.74) is 2.61. The lowest BCUT2D eigenvalue weighted by Crippen LogP contribution is -2.29. The molecule has 5 nitrogen and oxygen atoms in total. The number of rotatable bonds is 10. The first-order valence-electron chi connectivity index (χ1n) is 10.2. The number of benzene rings is 2. The molecule has 0 aliphatic carbocycles. The normalized spacial score (nSPS) is 12.4. The molecule has 1 amide bonds. The first kappa shape index (κ1) is 22.9. The average molecular weight is 417 g/mol. The quantitative estimate of drug-likeness (QED) is 0.569. The van der Waals surface area contributed by atoms with Crippen LogP contribution >= 0.6 is 0 Å². The number of sulfonamides is 1. The highest BCUT2D eigenvalue weighted by Crippen LogP contribution is 2.22. The van der Waals surface area contributed by atoms with Crippen molar-refractivity contribution < 1.29 is 13.2 Å². The maximum atomic E-state index is 12.7. The predicted molar refractivity (Wildman–Crippen MR) is 119 cm³/mol. The van der Waals surface area contributed by atoms with Crippen LogP contribution in [0.2, 0.25) is 0 Å². The summed E-state index contributed by atoms with van der Waals surface area (Å²) < 4.78 is 28.0. The van der Waals surface area contributed by atoms with Gasteiger partial charge in [-0.25, -0.2) is 8.42 Å². The van der Waals surface area contributed by atoms with E-state index in [1.54, 1.807) is 42.5 Å². The molecule has 0 saturated carbocycles. The van der Waals surface area contributed by atoms with Gasteiger partial charge in [0.15, 0.2) is 0 Å². The van der Waals surface area contributed by atoms with Crippen molar-refractivity contribution in [1.29, 1.82) is 0 Å². The Balaban J connectivity index is 2.12. The monoisotopic (exact) mass is 416 g/mol. The number of carbonyl (C=O) groups is 1. The van der Waals surface area contributed by atoms with Gasteiger partial charge in [0, 0.05) is 12.1 Å². The van der Waals surface area contributed by atoms with Gasteiger partial charge in [0.2, 0.25) is 0 Å². The fraction of sp³-hybridized carbons (Fsp3) is 0.435. The van der Waals surface area contributed by atoms with Crippen molar-refractivity contribution in [3.63, 3.8) is 0 Å². The zero-order chi connectivity index (χ0) is 21.4. The van der Waals surface area contributed by atoms with Crippen molar-refractivity contribution in [3.8, 4) is 0 Å². The second-order valence-electron chi connectivity index (χ2n) is 7.57. The van der Waals surface area contributed by atoms with Crippen LogP contribution in [-0.4, -0.2) is 20.9 Å². The third-order valence-electron chi connectivity index (χ3n) is 5.17. The summed E-state index contributed by atoms with van der Waals surface area (Å²) in [5.74, 6) is 0.277. The number of anilines is 1. The lowest BCUT2D eigenvalue weighted by atomic mass is 9.99. The molecule has 0 bridgehead atoms. The van der Waals surface area contributed by atoms with E-state index in [2.05, 4.69) is 23.9 Å². The maximum absolute atomic E-state index is 12.7. The Kier molecular flexibility index (Phi) is 8.26. The third-order valence-corrected chi connectivity index (χ3v) is 6.55. The van der Waals surface area contributed by atoms with Crippen LogP contribution < -0.4 is 10.0 Å². The molecule has 0 spiro atoms.